The highest BCUT2D eigenvalue weighted by molar-refractivity contribution is 7.99. The molecule has 2 amide bonds. The summed E-state index contributed by atoms with van der Waals surface area (Å²) >= 11 is 1.91. The number of nitrogens with one attached hydrogen (secondary N) is 1. The van der Waals surface area contributed by atoms with Crippen LogP contribution in [0.4, 0.5) is 4.79 Å². The van der Waals surface area contributed by atoms with Crippen LogP contribution in [-0.2, 0) is 4.79 Å². The second-order valence-corrected chi connectivity index (χ2v) is 6.31. The minimum atomic E-state index is -0.897. The van der Waals surface area contributed by atoms with Gasteiger partial charge in [0, 0.05) is 13.1 Å². The summed E-state index contributed by atoms with van der Waals surface area (Å²) in [6.45, 7) is 3.10. The number of thioether (sulfide) groups is 1. The summed E-state index contributed by atoms with van der Waals surface area (Å²) in [6, 6.07) is -0.883. The van der Waals surface area contributed by atoms with E-state index in [-0.39, 0.29) is 11.9 Å². The summed E-state index contributed by atoms with van der Waals surface area (Å²) in [5.41, 5.74) is 0. The molecule has 5 nitrogen and oxygen atoms in total. The lowest BCUT2D eigenvalue weighted by Crippen LogP contribution is -2.48. The molecule has 2 saturated heterocycles. The van der Waals surface area contributed by atoms with Crippen molar-refractivity contribution in [2.24, 2.45) is 11.8 Å². The zero-order chi connectivity index (χ0) is 13.1. The fourth-order valence-corrected chi connectivity index (χ4v) is 3.91. The smallest absolute Gasteiger partial charge is 0.326 e. The van der Waals surface area contributed by atoms with Gasteiger partial charge in [-0.3, -0.25) is 0 Å². The summed E-state index contributed by atoms with van der Waals surface area (Å²) in [5.74, 6) is 1.95. The molecule has 2 rings (SSSR count). The number of carbonyl (C=O) groups is 2. The average molecular weight is 272 g/mol. The first-order chi connectivity index (χ1) is 8.59. The van der Waals surface area contributed by atoms with Crippen LogP contribution in [0.2, 0.25) is 0 Å². The second kappa shape index (κ2) is 5.82. The number of carboxylic acid groups (broad SMARTS) is 1. The minimum Gasteiger partial charge on any atom is -0.480 e. The average Bonchev–Trinajstić information content (AvgIpc) is 2.94. The van der Waals surface area contributed by atoms with Crippen molar-refractivity contribution < 1.29 is 14.7 Å². The highest BCUT2D eigenvalue weighted by Crippen LogP contribution is 2.25. The molecule has 3 atom stereocenters. The van der Waals surface area contributed by atoms with Gasteiger partial charge < -0.3 is 15.3 Å². The van der Waals surface area contributed by atoms with Gasteiger partial charge in [-0.05, 0) is 36.2 Å². The summed E-state index contributed by atoms with van der Waals surface area (Å²) in [7, 11) is 0. The van der Waals surface area contributed by atoms with Crippen molar-refractivity contribution in [2.75, 3.05) is 24.6 Å². The molecule has 102 valence electrons. The first-order valence-electron chi connectivity index (χ1n) is 6.44. The van der Waals surface area contributed by atoms with Gasteiger partial charge in [-0.1, -0.05) is 6.92 Å². The molecular weight excluding hydrogens is 252 g/mol. The molecule has 0 saturated carbocycles. The molecule has 0 aromatic heterocycles. The fraction of sp³-hybridized carbons (Fsp3) is 0.833. The molecule has 0 aromatic rings. The molecular formula is C12H20N2O3S. The SMILES string of the molecule is CC1CCN(C(=O)NCC2CCSC2)C1C(=O)O. The second-order valence-electron chi connectivity index (χ2n) is 5.16. The molecule has 2 aliphatic heterocycles. The molecule has 0 aromatic carbocycles. The van der Waals surface area contributed by atoms with Crippen LogP contribution in [0.25, 0.3) is 0 Å². The van der Waals surface area contributed by atoms with Crippen molar-refractivity contribution in [3.63, 3.8) is 0 Å². The van der Waals surface area contributed by atoms with Gasteiger partial charge in [-0.25, -0.2) is 9.59 Å². The summed E-state index contributed by atoms with van der Waals surface area (Å²) in [5, 5.41) is 12.0. The number of hydrogen-bond donors (Lipinski definition) is 2. The Labute approximate surface area is 111 Å². The first kappa shape index (κ1) is 13.5. The zero-order valence-corrected chi connectivity index (χ0v) is 11.4. The van der Waals surface area contributed by atoms with Gasteiger partial charge in [0.15, 0.2) is 0 Å². The Kier molecular flexibility index (Phi) is 4.37. The lowest BCUT2D eigenvalue weighted by molar-refractivity contribution is -0.142. The Hall–Kier alpha value is -0.910. The van der Waals surface area contributed by atoms with Crippen LogP contribution < -0.4 is 5.32 Å². The van der Waals surface area contributed by atoms with E-state index >= 15 is 0 Å². The molecule has 2 heterocycles. The number of aliphatic carboxylic acids is 1. The molecule has 0 bridgehead atoms. The van der Waals surface area contributed by atoms with Crippen molar-refractivity contribution in [3.8, 4) is 0 Å². The van der Waals surface area contributed by atoms with Gasteiger partial charge >= 0.3 is 12.0 Å². The number of hydrogen-bond acceptors (Lipinski definition) is 3. The normalized spacial score (nSPS) is 31.6. The van der Waals surface area contributed by atoms with Gasteiger partial charge in [-0.2, -0.15) is 11.8 Å². The number of rotatable bonds is 3. The van der Waals surface area contributed by atoms with Gasteiger partial charge in [0.2, 0.25) is 0 Å². The number of urea groups is 1. The first-order valence-corrected chi connectivity index (χ1v) is 7.60. The summed E-state index contributed by atoms with van der Waals surface area (Å²) in [4.78, 5) is 24.6. The lowest BCUT2D eigenvalue weighted by atomic mass is 10.0. The largest absolute Gasteiger partial charge is 0.480 e. The van der Waals surface area contributed by atoms with Crippen LogP contribution in [-0.4, -0.2) is 52.6 Å². The molecule has 0 aliphatic carbocycles. The lowest BCUT2D eigenvalue weighted by Gasteiger charge is -2.24. The van der Waals surface area contributed by atoms with Crippen LogP contribution in [0.3, 0.4) is 0 Å². The van der Waals surface area contributed by atoms with Crippen LogP contribution in [0, 0.1) is 11.8 Å². The number of likely N-dealkylation sites (tertiary alicyclic amines) is 1. The maximum Gasteiger partial charge on any atom is 0.326 e. The third-order valence-electron chi connectivity index (χ3n) is 3.78. The molecule has 2 aliphatic rings. The van der Waals surface area contributed by atoms with E-state index in [1.54, 1.807) is 0 Å². The Bertz CT molecular complexity index is 331. The van der Waals surface area contributed by atoms with E-state index in [4.69, 9.17) is 5.11 Å². The standard InChI is InChI=1S/C12H20N2O3S/c1-8-2-4-14(10(8)11(15)16)12(17)13-6-9-3-5-18-7-9/h8-10H,2-7H2,1H3,(H,13,17)(H,15,16). The van der Waals surface area contributed by atoms with Crippen LogP contribution in [0.1, 0.15) is 19.8 Å². The van der Waals surface area contributed by atoms with E-state index in [1.165, 1.54) is 10.7 Å². The predicted molar refractivity (Wildman–Crippen MR) is 70.7 cm³/mol. The third kappa shape index (κ3) is 2.91. The zero-order valence-electron chi connectivity index (χ0n) is 10.6. The van der Waals surface area contributed by atoms with Gasteiger partial charge in [0.05, 0.1) is 0 Å². The number of carboxylic acids is 1. The monoisotopic (exact) mass is 272 g/mol. The van der Waals surface area contributed by atoms with Crippen molar-refractivity contribution in [2.45, 2.75) is 25.8 Å². The molecule has 2 N–H and O–H groups in total. The molecule has 6 heteroatoms. The summed E-state index contributed by atoms with van der Waals surface area (Å²) < 4.78 is 0. The van der Waals surface area contributed by atoms with E-state index in [9.17, 15) is 9.59 Å². The Morgan fingerprint density at radius 2 is 2.22 bits per heavy atom. The topological polar surface area (TPSA) is 69.6 Å². The van der Waals surface area contributed by atoms with Crippen molar-refractivity contribution >= 4 is 23.8 Å². The van der Waals surface area contributed by atoms with E-state index in [0.717, 1.165) is 18.6 Å². The molecule has 0 radical (unpaired) electrons. The van der Waals surface area contributed by atoms with E-state index in [1.807, 2.05) is 18.7 Å². The minimum absolute atomic E-state index is 0.0373. The fourth-order valence-electron chi connectivity index (χ4n) is 2.63. The van der Waals surface area contributed by atoms with Gasteiger partial charge in [0.25, 0.3) is 0 Å². The Morgan fingerprint density at radius 3 is 2.83 bits per heavy atom. The maximum absolute atomic E-state index is 12.0. The Morgan fingerprint density at radius 1 is 1.44 bits per heavy atom. The number of amides is 2. The predicted octanol–water partition coefficient (Wildman–Crippen LogP) is 1.24. The van der Waals surface area contributed by atoms with E-state index < -0.39 is 12.0 Å². The summed E-state index contributed by atoms with van der Waals surface area (Å²) in [6.07, 6.45) is 1.91. The number of nitrogens with zero attached hydrogens (tertiary/aromatic N) is 1. The molecule has 18 heavy (non-hydrogen) atoms. The van der Waals surface area contributed by atoms with Crippen LogP contribution >= 0.6 is 11.8 Å². The molecule has 2 fully saturated rings. The van der Waals surface area contributed by atoms with Gasteiger partial charge in [0.1, 0.15) is 6.04 Å². The van der Waals surface area contributed by atoms with Crippen molar-refractivity contribution in [1.29, 1.82) is 0 Å². The third-order valence-corrected chi connectivity index (χ3v) is 5.01. The van der Waals surface area contributed by atoms with Crippen molar-refractivity contribution in [3.05, 3.63) is 0 Å². The molecule has 3 unspecified atom stereocenters. The maximum atomic E-state index is 12.0. The highest BCUT2D eigenvalue weighted by atomic mass is 32.2. The van der Waals surface area contributed by atoms with Crippen LogP contribution in [0.15, 0.2) is 0 Å². The van der Waals surface area contributed by atoms with Gasteiger partial charge in [-0.15, -0.1) is 0 Å². The van der Waals surface area contributed by atoms with E-state index in [0.29, 0.717) is 19.0 Å². The number of carbonyl (C=O) groups excluding carboxylic acids is 1. The Balaban J connectivity index is 1.85. The van der Waals surface area contributed by atoms with E-state index in [2.05, 4.69) is 5.32 Å². The van der Waals surface area contributed by atoms with Crippen molar-refractivity contribution in [1.82, 2.24) is 10.2 Å². The molecule has 0 spiro atoms. The quantitative estimate of drug-likeness (QED) is 0.811. The highest BCUT2D eigenvalue weighted by Gasteiger charge is 2.39. The van der Waals surface area contributed by atoms with Crippen LogP contribution in [0.5, 0.6) is 0 Å².